The standard InChI is InChI=1S/C31H28ClN5O/c1-20-16-21(2)18-25(17-20)33-31(38)36-19-27-22(3)34-37(26-8-5-4-6-9-26)30(27)35-15-7-10-28(35)29(36)23-11-13-24(32)14-12-23/h4-18,29H,19H2,1-3H3,(H,33,38). The molecular formula is C31H28ClN5O. The zero-order chi connectivity index (χ0) is 26.4. The number of hydrogen-bond donors (Lipinski definition) is 1. The summed E-state index contributed by atoms with van der Waals surface area (Å²) < 4.78 is 4.13. The van der Waals surface area contributed by atoms with Crippen molar-refractivity contribution in [3.8, 4) is 11.5 Å². The van der Waals surface area contributed by atoms with Crippen molar-refractivity contribution in [1.82, 2.24) is 19.2 Å². The average molecular weight is 522 g/mol. The summed E-state index contributed by atoms with van der Waals surface area (Å²) in [5.41, 5.74) is 7.77. The van der Waals surface area contributed by atoms with Gasteiger partial charge in [-0.2, -0.15) is 5.10 Å². The third-order valence-electron chi connectivity index (χ3n) is 7.01. The topological polar surface area (TPSA) is 55.1 Å². The molecule has 1 aliphatic rings. The molecule has 0 spiro atoms. The number of benzene rings is 3. The molecular weight excluding hydrogens is 494 g/mol. The van der Waals surface area contributed by atoms with Crippen molar-refractivity contribution >= 4 is 23.3 Å². The number of urea groups is 1. The largest absolute Gasteiger partial charge is 0.322 e. The van der Waals surface area contributed by atoms with Gasteiger partial charge in [-0.15, -0.1) is 0 Å². The van der Waals surface area contributed by atoms with Crippen molar-refractivity contribution in [2.45, 2.75) is 33.4 Å². The van der Waals surface area contributed by atoms with Crippen LogP contribution in [0.2, 0.25) is 5.02 Å². The Morgan fingerprint density at radius 3 is 2.34 bits per heavy atom. The number of amides is 2. The quantitative estimate of drug-likeness (QED) is 0.269. The van der Waals surface area contributed by atoms with Crippen molar-refractivity contribution in [1.29, 1.82) is 0 Å². The number of carbonyl (C=O) groups is 1. The van der Waals surface area contributed by atoms with Crippen LogP contribution in [-0.2, 0) is 6.54 Å². The number of fused-ring (bicyclic) bond motifs is 3. The van der Waals surface area contributed by atoms with Crippen molar-refractivity contribution in [2.24, 2.45) is 0 Å². The highest BCUT2D eigenvalue weighted by atomic mass is 35.5. The van der Waals surface area contributed by atoms with Gasteiger partial charge in [0.05, 0.1) is 29.7 Å². The van der Waals surface area contributed by atoms with Gasteiger partial charge in [0.1, 0.15) is 5.82 Å². The number of aryl methyl sites for hydroxylation is 3. The highest BCUT2D eigenvalue weighted by Crippen LogP contribution is 2.39. The second-order valence-corrected chi connectivity index (χ2v) is 10.3. The van der Waals surface area contributed by atoms with E-state index in [-0.39, 0.29) is 12.1 Å². The van der Waals surface area contributed by atoms with Crippen molar-refractivity contribution < 1.29 is 4.79 Å². The van der Waals surface area contributed by atoms with E-state index in [1.807, 2.05) is 109 Å². The molecule has 6 nitrogen and oxygen atoms in total. The highest BCUT2D eigenvalue weighted by Gasteiger charge is 2.36. The van der Waals surface area contributed by atoms with Gasteiger partial charge in [-0.1, -0.05) is 48.0 Å². The molecule has 3 aromatic carbocycles. The summed E-state index contributed by atoms with van der Waals surface area (Å²) in [5, 5.41) is 8.74. The molecule has 1 unspecified atom stereocenters. The van der Waals surface area contributed by atoms with Crippen LogP contribution in [0.25, 0.3) is 11.5 Å². The molecule has 0 fully saturated rings. The number of halogens is 1. The summed E-state index contributed by atoms with van der Waals surface area (Å²) >= 11 is 6.25. The minimum Gasteiger partial charge on any atom is -0.308 e. The maximum atomic E-state index is 14.1. The smallest absolute Gasteiger partial charge is 0.308 e. The van der Waals surface area contributed by atoms with Crippen LogP contribution >= 0.6 is 11.6 Å². The Hall–Kier alpha value is -4.29. The van der Waals surface area contributed by atoms with Crippen LogP contribution in [0.1, 0.15) is 39.7 Å². The minimum absolute atomic E-state index is 0.178. The molecule has 1 atom stereocenters. The lowest BCUT2D eigenvalue weighted by Crippen LogP contribution is -2.38. The van der Waals surface area contributed by atoms with Gasteiger partial charge in [-0.25, -0.2) is 9.48 Å². The van der Waals surface area contributed by atoms with E-state index in [0.29, 0.717) is 11.6 Å². The van der Waals surface area contributed by atoms with E-state index in [1.54, 1.807) is 0 Å². The van der Waals surface area contributed by atoms with Gasteiger partial charge in [0.15, 0.2) is 0 Å². The highest BCUT2D eigenvalue weighted by molar-refractivity contribution is 6.30. The fourth-order valence-electron chi connectivity index (χ4n) is 5.39. The lowest BCUT2D eigenvalue weighted by molar-refractivity contribution is 0.194. The molecule has 1 N–H and O–H groups in total. The molecule has 0 aliphatic carbocycles. The first kappa shape index (κ1) is 24.1. The fraction of sp³-hybridized carbons (Fsp3) is 0.161. The molecule has 0 saturated carbocycles. The van der Waals surface area contributed by atoms with Gasteiger partial charge in [0.2, 0.25) is 0 Å². The van der Waals surface area contributed by atoms with Crippen LogP contribution in [0, 0.1) is 20.8 Å². The Bertz CT molecular complexity index is 1610. The molecule has 5 aromatic rings. The first-order valence-electron chi connectivity index (χ1n) is 12.6. The number of aromatic nitrogens is 3. The van der Waals surface area contributed by atoms with Gasteiger partial charge in [-0.05, 0) is 86.0 Å². The van der Waals surface area contributed by atoms with Crippen molar-refractivity contribution in [2.75, 3.05) is 5.32 Å². The fourth-order valence-corrected chi connectivity index (χ4v) is 5.51. The summed E-state index contributed by atoms with van der Waals surface area (Å²) in [5.74, 6) is 0.939. The van der Waals surface area contributed by atoms with Crippen molar-refractivity contribution in [3.05, 3.63) is 130 Å². The molecule has 7 heteroatoms. The number of nitrogens with zero attached hydrogens (tertiary/aromatic N) is 4. The lowest BCUT2D eigenvalue weighted by Gasteiger charge is -2.31. The number of para-hydroxylation sites is 1. The molecule has 3 heterocycles. The summed E-state index contributed by atoms with van der Waals surface area (Å²) in [6.45, 7) is 6.46. The van der Waals surface area contributed by atoms with E-state index in [4.69, 9.17) is 16.7 Å². The van der Waals surface area contributed by atoms with Crippen LogP contribution in [0.3, 0.4) is 0 Å². The van der Waals surface area contributed by atoms with Crippen molar-refractivity contribution in [3.63, 3.8) is 0 Å². The molecule has 2 amide bonds. The van der Waals surface area contributed by atoms with E-state index in [2.05, 4.69) is 22.0 Å². The van der Waals surface area contributed by atoms with Gasteiger partial charge in [-0.3, -0.25) is 0 Å². The minimum atomic E-state index is -0.343. The van der Waals surface area contributed by atoms with Crippen LogP contribution in [0.15, 0.2) is 91.1 Å². The Kier molecular flexibility index (Phi) is 6.04. The zero-order valence-corrected chi connectivity index (χ0v) is 22.3. The van der Waals surface area contributed by atoms with Crippen LogP contribution < -0.4 is 5.32 Å². The second-order valence-electron chi connectivity index (χ2n) is 9.83. The van der Waals surface area contributed by atoms with Crippen LogP contribution in [0.5, 0.6) is 0 Å². The summed E-state index contributed by atoms with van der Waals surface area (Å²) in [4.78, 5) is 16.0. The molecule has 1 aliphatic heterocycles. The predicted molar refractivity (Wildman–Crippen MR) is 151 cm³/mol. The number of hydrogen-bond acceptors (Lipinski definition) is 2. The lowest BCUT2D eigenvalue weighted by atomic mass is 10.0. The maximum absolute atomic E-state index is 14.1. The Balaban J connectivity index is 1.53. The van der Waals surface area contributed by atoms with E-state index >= 15 is 0 Å². The molecule has 0 saturated heterocycles. The Labute approximate surface area is 227 Å². The molecule has 38 heavy (non-hydrogen) atoms. The first-order chi connectivity index (χ1) is 18.4. The molecule has 0 bridgehead atoms. The zero-order valence-electron chi connectivity index (χ0n) is 21.5. The summed E-state index contributed by atoms with van der Waals surface area (Å²) in [6, 6.07) is 27.5. The number of carbonyl (C=O) groups excluding carboxylic acids is 1. The maximum Gasteiger partial charge on any atom is 0.322 e. The van der Waals surface area contributed by atoms with Crippen LogP contribution in [0.4, 0.5) is 10.5 Å². The van der Waals surface area contributed by atoms with E-state index in [1.165, 1.54) is 0 Å². The third kappa shape index (κ3) is 4.27. The number of rotatable bonds is 3. The van der Waals surface area contributed by atoms with Gasteiger partial charge in [0.25, 0.3) is 0 Å². The van der Waals surface area contributed by atoms with Gasteiger partial charge in [0, 0.05) is 22.5 Å². The normalized spacial score (nSPS) is 14.5. The van der Waals surface area contributed by atoms with E-state index < -0.39 is 0 Å². The Morgan fingerprint density at radius 1 is 0.921 bits per heavy atom. The molecule has 0 radical (unpaired) electrons. The first-order valence-corrected chi connectivity index (χ1v) is 13.0. The SMILES string of the molecule is Cc1cc(C)cc(NC(=O)N2Cc3c(C)nn(-c4ccccc4)c3-n3cccc3C2c2ccc(Cl)cc2)c1. The number of anilines is 1. The number of nitrogens with one attached hydrogen (secondary N) is 1. The Morgan fingerprint density at radius 2 is 1.63 bits per heavy atom. The van der Waals surface area contributed by atoms with Gasteiger partial charge < -0.3 is 14.8 Å². The molecule has 190 valence electrons. The van der Waals surface area contributed by atoms with Crippen LogP contribution in [-0.4, -0.2) is 25.3 Å². The summed E-state index contributed by atoms with van der Waals surface area (Å²) in [7, 11) is 0. The van der Waals surface area contributed by atoms with E-state index in [9.17, 15) is 4.79 Å². The second kappa shape index (κ2) is 9.54. The van der Waals surface area contributed by atoms with E-state index in [0.717, 1.165) is 50.8 Å². The predicted octanol–water partition coefficient (Wildman–Crippen LogP) is 7.38. The molecule has 2 aromatic heterocycles. The van der Waals surface area contributed by atoms with Gasteiger partial charge >= 0.3 is 6.03 Å². The summed E-state index contributed by atoms with van der Waals surface area (Å²) in [6.07, 6.45) is 2.04. The monoisotopic (exact) mass is 521 g/mol. The third-order valence-corrected chi connectivity index (χ3v) is 7.26. The average Bonchev–Trinajstić information content (AvgIpc) is 3.45. The molecule has 6 rings (SSSR count).